The molecule has 0 spiro atoms. The predicted molar refractivity (Wildman–Crippen MR) is 42.1 cm³/mol. The molecule has 0 amide bonds. The molecule has 58 valence electrons. The van der Waals surface area contributed by atoms with Crippen LogP contribution in [-0.4, -0.2) is 11.8 Å². The molecule has 2 nitrogen and oxygen atoms in total. The second kappa shape index (κ2) is 1.97. The molecule has 1 aliphatic rings. The molecule has 0 aliphatic carbocycles. The zero-order valence-corrected chi connectivity index (χ0v) is 7.14. The normalized spacial score (nSPS) is 32.4. The van der Waals surface area contributed by atoms with Gasteiger partial charge in [0.25, 0.3) is 0 Å². The second-order valence-corrected chi connectivity index (χ2v) is 4.06. The highest BCUT2D eigenvalue weighted by atomic mass is 16.7. The van der Waals surface area contributed by atoms with E-state index >= 15 is 0 Å². The Morgan fingerprint density at radius 2 is 2.10 bits per heavy atom. The summed E-state index contributed by atoms with van der Waals surface area (Å²) in [6.45, 7) is 8.60. The predicted octanol–water partition coefficient (Wildman–Crippen LogP) is 2.20. The van der Waals surface area contributed by atoms with E-state index in [0.29, 0.717) is 0 Å². The first-order valence-electron chi connectivity index (χ1n) is 3.66. The molecule has 0 aromatic rings. The zero-order valence-electron chi connectivity index (χ0n) is 7.14. The maximum absolute atomic E-state index is 5.27. The van der Waals surface area contributed by atoms with Crippen LogP contribution in [0.15, 0.2) is 5.16 Å². The molecule has 0 aromatic carbocycles. The van der Waals surface area contributed by atoms with Gasteiger partial charge >= 0.3 is 0 Å². The molecule has 1 aliphatic heterocycles. The Bertz CT molecular complexity index is 147. The number of oxime groups is 1. The van der Waals surface area contributed by atoms with Crippen molar-refractivity contribution in [3.8, 4) is 0 Å². The first kappa shape index (κ1) is 7.58. The van der Waals surface area contributed by atoms with Crippen molar-refractivity contribution in [2.45, 2.75) is 39.7 Å². The van der Waals surface area contributed by atoms with Gasteiger partial charge in [-0.15, -0.1) is 0 Å². The average Bonchev–Trinajstić information content (AvgIpc) is 2.13. The van der Waals surface area contributed by atoms with Crippen molar-refractivity contribution >= 4 is 6.21 Å². The summed E-state index contributed by atoms with van der Waals surface area (Å²) in [5.41, 5.74) is 0.0799. The molecule has 10 heavy (non-hydrogen) atoms. The van der Waals surface area contributed by atoms with E-state index in [4.69, 9.17) is 4.84 Å². The Hall–Kier alpha value is -0.530. The van der Waals surface area contributed by atoms with Crippen molar-refractivity contribution in [2.75, 3.05) is 0 Å². The van der Waals surface area contributed by atoms with Gasteiger partial charge in [-0.05, 0) is 6.92 Å². The highest BCUT2D eigenvalue weighted by molar-refractivity contribution is 5.60. The summed E-state index contributed by atoms with van der Waals surface area (Å²) in [6.07, 6.45) is 2.77. The molecular formula is C8H15NO. The van der Waals surface area contributed by atoms with Gasteiger partial charge in [0.15, 0.2) is 0 Å². The topological polar surface area (TPSA) is 21.6 Å². The standard InChI is InChI=1S/C8H15NO/c1-7(2,3)8(4)5-6-9-10-8/h6H,5H2,1-4H3. The SMILES string of the molecule is CC(C)(C)C1(C)CC=NO1. The Balaban J connectivity index is 2.71. The molecule has 0 fully saturated rings. The Labute approximate surface area is 62.3 Å². The van der Waals surface area contributed by atoms with Gasteiger partial charge in [-0.25, -0.2) is 0 Å². The van der Waals surface area contributed by atoms with E-state index in [1.165, 1.54) is 0 Å². The lowest BCUT2D eigenvalue weighted by atomic mass is 9.76. The van der Waals surface area contributed by atoms with Crippen molar-refractivity contribution < 1.29 is 4.84 Å². The summed E-state index contributed by atoms with van der Waals surface area (Å²) in [7, 11) is 0. The lowest BCUT2D eigenvalue weighted by molar-refractivity contribution is -0.0810. The summed E-state index contributed by atoms with van der Waals surface area (Å²) in [5.74, 6) is 0. The van der Waals surface area contributed by atoms with Gasteiger partial charge < -0.3 is 4.84 Å². The molecule has 1 rings (SSSR count). The van der Waals surface area contributed by atoms with Crippen LogP contribution in [0.1, 0.15) is 34.1 Å². The van der Waals surface area contributed by atoms with Gasteiger partial charge in [0, 0.05) is 18.1 Å². The maximum atomic E-state index is 5.27. The van der Waals surface area contributed by atoms with Crippen LogP contribution < -0.4 is 0 Å². The van der Waals surface area contributed by atoms with E-state index in [1.807, 2.05) is 6.21 Å². The molecular weight excluding hydrogens is 126 g/mol. The minimum Gasteiger partial charge on any atom is -0.389 e. The van der Waals surface area contributed by atoms with Crippen LogP contribution in [0.2, 0.25) is 0 Å². The average molecular weight is 141 g/mol. The fraction of sp³-hybridized carbons (Fsp3) is 0.875. The maximum Gasteiger partial charge on any atom is 0.144 e. The minimum absolute atomic E-state index is 0.0903. The number of hydrogen-bond acceptors (Lipinski definition) is 2. The molecule has 1 heterocycles. The Morgan fingerprint density at radius 1 is 1.50 bits per heavy atom. The van der Waals surface area contributed by atoms with Crippen molar-refractivity contribution in [2.24, 2.45) is 10.6 Å². The van der Waals surface area contributed by atoms with E-state index in [1.54, 1.807) is 0 Å². The molecule has 0 N–H and O–H groups in total. The van der Waals surface area contributed by atoms with Gasteiger partial charge in [0.2, 0.25) is 0 Å². The van der Waals surface area contributed by atoms with Crippen molar-refractivity contribution in [3.63, 3.8) is 0 Å². The van der Waals surface area contributed by atoms with E-state index in [9.17, 15) is 0 Å². The molecule has 1 atom stereocenters. The van der Waals surface area contributed by atoms with Crippen LogP contribution in [0.4, 0.5) is 0 Å². The monoisotopic (exact) mass is 141 g/mol. The Morgan fingerprint density at radius 3 is 2.30 bits per heavy atom. The minimum atomic E-state index is -0.0903. The second-order valence-electron chi connectivity index (χ2n) is 4.06. The van der Waals surface area contributed by atoms with Gasteiger partial charge in [0.05, 0.1) is 0 Å². The molecule has 1 unspecified atom stereocenters. The first-order valence-corrected chi connectivity index (χ1v) is 3.66. The number of nitrogens with zero attached hydrogens (tertiary/aromatic N) is 1. The molecule has 0 saturated carbocycles. The third kappa shape index (κ3) is 1.02. The summed E-state index contributed by atoms with van der Waals surface area (Å²) < 4.78 is 0. The van der Waals surface area contributed by atoms with E-state index in [-0.39, 0.29) is 11.0 Å². The van der Waals surface area contributed by atoms with Gasteiger partial charge in [-0.1, -0.05) is 25.9 Å². The fourth-order valence-corrected chi connectivity index (χ4v) is 0.845. The van der Waals surface area contributed by atoms with E-state index in [2.05, 4.69) is 32.9 Å². The van der Waals surface area contributed by atoms with Crippen LogP contribution in [0.3, 0.4) is 0 Å². The highest BCUT2D eigenvalue weighted by Gasteiger charge is 2.41. The van der Waals surface area contributed by atoms with Crippen LogP contribution in [0.25, 0.3) is 0 Å². The fourth-order valence-electron chi connectivity index (χ4n) is 0.845. The lowest BCUT2D eigenvalue weighted by Gasteiger charge is -2.35. The highest BCUT2D eigenvalue weighted by Crippen LogP contribution is 2.38. The van der Waals surface area contributed by atoms with Crippen LogP contribution in [0, 0.1) is 5.41 Å². The molecule has 0 saturated heterocycles. The van der Waals surface area contributed by atoms with E-state index in [0.717, 1.165) is 6.42 Å². The molecule has 2 heteroatoms. The number of rotatable bonds is 0. The zero-order chi connectivity index (χ0) is 7.83. The molecule has 0 bridgehead atoms. The van der Waals surface area contributed by atoms with Gasteiger partial charge in [0.1, 0.15) is 5.60 Å². The van der Waals surface area contributed by atoms with Crippen molar-refractivity contribution in [3.05, 3.63) is 0 Å². The van der Waals surface area contributed by atoms with Crippen LogP contribution in [0.5, 0.6) is 0 Å². The van der Waals surface area contributed by atoms with Gasteiger partial charge in [-0.3, -0.25) is 0 Å². The van der Waals surface area contributed by atoms with E-state index < -0.39 is 0 Å². The summed E-state index contributed by atoms with van der Waals surface area (Å²) in [6, 6.07) is 0. The molecule has 0 radical (unpaired) electrons. The number of hydrogen-bond donors (Lipinski definition) is 0. The largest absolute Gasteiger partial charge is 0.389 e. The summed E-state index contributed by atoms with van der Waals surface area (Å²) >= 11 is 0. The molecule has 0 aromatic heterocycles. The lowest BCUT2D eigenvalue weighted by Crippen LogP contribution is -2.39. The third-order valence-corrected chi connectivity index (χ3v) is 2.40. The third-order valence-electron chi connectivity index (χ3n) is 2.40. The summed E-state index contributed by atoms with van der Waals surface area (Å²) in [5, 5.41) is 3.78. The van der Waals surface area contributed by atoms with Gasteiger partial charge in [-0.2, -0.15) is 0 Å². The van der Waals surface area contributed by atoms with Crippen LogP contribution in [-0.2, 0) is 4.84 Å². The first-order chi connectivity index (χ1) is 4.46. The quantitative estimate of drug-likeness (QED) is 0.506. The van der Waals surface area contributed by atoms with Crippen molar-refractivity contribution in [1.29, 1.82) is 0 Å². The Kier molecular flexibility index (Phi) is 1.50. The smallest absolute Gasteiger partial charge is 0.144 e. The van der Waals surface area contributed by atoms with Crippen molar-refractivity contribution in [1.82, 2.24) is 0 Å². The summed E-state index contributed by atoms with van der Waals surface area (Å²) in [4.78, 5) is 5.27. The van der Waals surface area contributed by atoms with Crippen LogP contribution >= 0.6 is 0 Å².